The Bertz CT molecular complexity index is 592. The highest BCUT2D eigenvalue weighted by molar-refractivity contribution is 5.82. The van der Waals surface area contributed by atoms with E-state index in [0.29, 0.717) is 13.0 Å². The van der Waals surface area contributed by atoms with Crippen molar-refractivity contribution < 1.29 is 14.6 Å². The van der Waals surface area contributed by atoms with Crippen LogP contribution in [0.3, 0.4) is 0 Å². The Hall–Kier alpha value is -1.63. The first-order valence-corrected chi connectivity index (χ1v) is 8.13. The number of benzene rings is 1. The van der Waals surface area contributed by atoms with Gasteiger partial charge in [-0.1, -0.05) is 32.0 Å². The highest BCUT2D eigenvalue weighted by Gasteiger charge is 2.51. The Balaban J connectivity index is 1.73. The van der Waals surface area contributed by atoms with Crippen LogP contribution >= 0.6 is 0 Å². The van der Waals surface area contributed by atoms with Gasteiger partial charge in [0.25, 0.3) is 0 Å². The minimum Gasteiger partial charge on any atom is -0.380 e. The topological polar surface area (TPSA) is 82.6 Å². The molecule has 1 aromatic rings. The summed E-state index contributed by atoms with van der Waals surface area (Å²) in [5, 5.41) is 20.3. The average molecular weight is 319 g/mol. The molecule has 2 heterocycles. The van der Waals surface area contributed by atoms with Crippen LogP contribution in [0.4, 0.5) is 5.69 Å². The summed E-state index contributed by atoms with van der Waals surface area (Å²) < 4.78 is 5.78. The summed E-state index contributed by atoms with van der Waals surface area (Å²) in [6, 6.07) is 7.19. The van der Waals surface area contributed by atoms with Crippen molar-refractivity contribution in [3.63, 3.8) is 0 Å². The summed E-state index contributed by atoms with van der Waals surface area (Å²) in [6.07, 6.45) is -0.0275. The Labute approximate surface area is 136 Å². The third-order valence-corrected chi connectivity index (χ3v) is 4.74. The summed E-state index contributed by atoms with van der Waals surface area (Å²) in [5.74, 6) is 0.131. The average Bonchev–Trinajstić information content (AvgIpc) is 2.80. The van der Waals surface area contributed by atoms with E-state index in [0.717, 1.165) is 11.3 Å². The smallest absolute Gasteiger partial charge is 0.237 e. The van der Waals surface area contributed by atoms with E-state index in [2.05, 4.69) is 16.0 Å². The molecule has 0 saturated carbocycles. The number of anilines is 1. The predicted molar refractivity (Wildman–Crippen MR) is 87.9 cm³/mol. The molecule has 4 N–H and O–H groups in total. The van der Waals surface area contributed by atoms with E-state index in [9.17, 15) is 9.90 Å². The van der Waals surface area contributed by atoms with Gasteiger partial charge in [0.15, 0.2) is 6.23 Å². The van der Waals surface area contributed by atoms with Crippen molar-refractivity contribution >= 4 is 11.6 Å². The second-order valence-electron chi connectivity index (χ2n) is 6.75. The fourth-order valence-electron chi connectivity index (χ4n) is 3.58. The number of hydrogen-bond acceptors (Lipinski definition) is 5. The van der Waals surface area contributed by atoms with Crippen LogP contribution in [-0.4, -0.2) is 43.0 Å². The minimum absolute atomic E-state index is 0.0580. The van der Waals surface area contributed by atoms with Crippen LogP contribution in [0, 0.1) is 5.92 Å². The first kappa shape index (κ1) is 16.2. The molecule has 6 heteroatoms. The molecular weight excluding hydrogens is 294 g/mol. The number of carbonyl (C=O) groups excluding carboxylic acids is 1. The molecule has 4 atom stereocenters. The van der Waals surface area contributed by atoms with E-state index in [1.54, 1.807) is 7.05 Å². The normalized spacial score (nSPS) is 30.3. The lowest BCUT2D eigenvalue weighted by Crippen LogP contribution is -2.57. The van der Waals surface area contributed by atoms with E-state index in [1.165, 1.54) is 0 Å². The molecule has 126 valence electrons. The molecule has 0 unspecified atom stereocenters. The maximum absolute atomic E-state index is 12.4. The van der Waals surface area contributed by atoms with Crippen LogP contribution in [0.15, 0.2) is 24.3 Å². The molecule has 1 aromatic carbocycles. The van der Waals surface area contributed by atoms with Crippen LogP contribution < -0.4 is 16.0 Å². The van der Waals surface area contributed by atoms with Crippen molar-refractivity contribution in [3.05, 3.63) is 29.8 Å². The van der Waals surface area contributed by atoms with Gasteiger partial charge in [0.05, 0.1) is 18.7 Å². The predicted octanol–water partition coefficient (Wildman–Crippen LogP) is 0.775. The van der Waals surface area contributed by atoms with E-state index >= 15 is 0 Å². The molecule has 23 heavy (non-hydrogen) atoms. The SMILES string of the molecule is CN[C@H](C(=O)N[C@@H]1CO[C@@H]2Nc3ccccc3[C@]2(O)C1)C(C)C. The number of hydrogen-bond donors (Lipinski definition) is 4. The zero-order valence-electron chi connectivity index (χ0n) is 13.8. The van der Waals surface area contributed by atoms with E-state index in [-0.39, 0.29) is 23.9 Å². The summed E-state index contributed by atoms with van der Waals surface area (Å²) in [4.78, 5) is 12.4. The van der Waals surface area contributed by atoms with Crippen molar-refractivity contribution in [2.24, 2.45) is 5.92 Å². The number of aliphatic hydroxyl groups is 1. The molecule has 2 aliphatic heterocycles. The minimum atomic E-state index is -1.11. The van der Waals surface area contributed by atoms with Gasteiger partial charge in [-0.05, 0) is 19.0 Å². The van der Waals surface area contributed by atoms with Crippen LogP contribution in [0.2, 0.25) is 0 Å². The zero-order chi connectivity index (χ0) is 16.6. The Morgan fingerprint density at radius 1 is 1.43 bits per heavy atom. The van der Waals surface area contributed by atoms with Crippen LogP contribution in [0.1, 0.15) is 25.8 Å². The van der Waals surface area contributed by atoms with Gasteiger partial charge in [-0.3, -0.25) is 4.79 Å². The van der Waals surface area contributed by atoms with E-state index in [4.69, 9.17) is 4.74 Å². The molecule has 6 nitrogen and oxygen atoms in total. The van der Waals surface area contributed by atoms with Gasteiger partial charge in [-0.15, -0.1) is 0 Å². The van der Waals surface area contributed by atoms with Crippen LogP contribution in [-0.2, 0) is 15.1 Å². The summed E-state index contributed by atoms with van der Waals surface area (Å²) in [7, 11) is 1.78. The lowest BCUT2D eigenvalue weighted by Gasteiger charge is -2.39. The van der Waals surface area contributed by atoms with Gasteiger partial charge in [0, 0.05) is 17.7 Å². The lowest BCUT2D eigenvalue weighted by atomic mass is 9.86. The van der Waals surface area contributed by atoms with Gasteiger partial charge < -0.3 is 25.8 Å². The fraction of sp³-hybridized carbons (Fsp3) is 0.588. The first-order valence-electron chi connectivity index (χ1n) is 8.13. The van der Waals surface area contributed by atoms with Crippen molar-refractivity contribution in [1.82, 2.24) is 10.6 Å². The second-order valence-corrected chi connectivity index (χ2v) is 6.75. The summed E-state index contributed by atoms with van der Waals surface area (Å²) in [6.45, 7) is 4.38. The van der Waals surface area contributed by atoms with Crippen LogP contribution in [0.5, 0.6) is 0 Å². The van der Waals surface area contributed by atoms with Gasteiger partial charge in [-0.25, -0.2) is 0 Å². The summed E-state index contributed by atoms with van der Waals surface area (Å²) >= 11 is 0. The van der Waals surface area contributed by atoms with Crippen molar-refractivity contribution in [1.29, 1.82) is 0 Å². The monoisotopic (exact) mass is 319 g/mol. The van der Waals surface area contributed by atoms with E-state index in [1.807, 2.05) is 38.1 Å². The molecule has 0 radical (unpaired) electrons. The highest BCUT2D eigenvalue weighted by atomic mass is 16.5. The molecule has 1 saturated heterocycles. The van der Waals surface area contributed by atoms with Crippen molar-refractivity contribution in [3.8, 4) is 0 Å². The second kappa shape index (κ2) is 6.11. The van der Waals surface area contributed by atoms with Crippen molar-refractivity contribution in [2.45, 2.75) is 44.2 Å². The molecule has 0 aromatic heterocycles. The number of nitrogens with one attached hydrogen (secondary N) is 3. The number of fused-ring (bicyclic) bond motifs is 3. The fourth-order valence-corrected chi connectivity index (χ4v) is 3.58. The Morgan fingerprint density at radius 3 is 2.87 bits per heavy atom. The van der Waals surface area contributed by atoms with Gasteiger partial charge in [-0.2, -0.15) is 0 Å². The number of carbonyl (C=O) groups is 1. The largest absolute Gasteiger partial charge is 0.380 e. The highest BCUT2D eigenvalue weighted by Crippen LogP contribution is 2.44. The van der Waals surface area contributed by atoms with Gasteiger partial charge in [0.1, 0.15) is 5.60 Å². The maximum Gasteiger partial charge on any atom is 0.237 e. The molecule has 0 bridgehead atoms. The first-order chi connectivity index (χ1) is 11.0. The molecule has 0 aliphatic carbocycles. The van der Waals surface area contributed by atoms with E-state index < -0.39 is 11.8 Å². The third-order valence-electron chi connectivity index (χ3n) is 4.74. The molecule has 0 spiro atoms. The van der Waals surface area contributed by atoms with Crippen LogP contribution in [0.25, 0.3) is 0 Å². The molecule has 3 rings (SSSR count). The lowest BCUT2D eigenvalue weighted by molar-refractivity contribution is -0.147. The molecule has 1 fully saturated rings. The Kier molecular flexibility index (Phi) is 4.31. The van der Waals surface area contributed by atoms with Gasteiger partial charge >= 0.3 is 0 Å². The zero-order valence-corrected chi connectivity index (χ0v) is 13.8. The van der Waals surface area contributed by atoms with Gasteiger partial charge in [0.2, 0.25) is 5.91 Å². The number of ether oxygens (including phenoxy) is 1. The maximum atomic E-state index is 12.4. The summed E-state index contributed by atoms with van der Waals surface area (Å²) in [5.41, 5.74) is 0.611. The number of likely N-dealkylation sites (N-methyl/N-ethyl adjacent to an activating group) is 1. The number of para-hydroxylation sites is 1. The van der Waals surface area contributed by atoms with Crippen molar-refractivity contribution in [2.75, 3.05) is 19.0 Å². The molecular formula is C17H25N3O3. The quantitative estimate of drug-likeness (QED) is 0.659. The number of rotatable bonds is 4. The molecule has 1 amide bonds. The number of amides is 1. The Morgan fingerprint density at radius 2 is 2.17 bits per heavy atom. The molecule has 2 aliphatic rings. The standard InChI is InChI=1S/C17H25N3O3/c1-10(2)14(18-3)15(21)19-11-8-17(22)12-6-4-5-7-13(12)20-16(17)23-9-11/h4-7,10-11,14,16,18,20,22H,8-9H2,1-3H3,(H,19,21)/t11-,14-,16-,17+/m0/s1. The third kappa shape index (κ3) is 2.82.